The summed E-state index contributed by atoms with van der Waals surface area (Å²) in [6.07, 6.45) is 6.55. The Hall–Kier alpha value is -3.28. The molecule has 1 aliphatic carbocycles. The van der Waals surface area contributed by atoms with E-state index >= 15 is 0 Å². The van der Waals surface area contributed by atoms with Crippen molar-refractivity contribution in [3.8, 4) is 11.3 Å². The van der Waals surface area contributed by atoms with Gasteiger partial charge in [-0.05, 0) is 43.5 Å². The number of rotatable bonds is 5. The fourth-order valence-corrected chi connectivity index (χ4v) is 3.80. The van der Waals surface area contributed by atoms with Crippen molar-refractivity contribution in [1.29, 1.82) is 0 Å². The highest BCUT2D eigenvalue weighted by atomic mass is 16.2. The number of hydrogen-bond acceptors (Lipinski definition) is 5. The van der Waals surface area contributed by atoms with E-state index in [0.29, 0.717) is 12.5 Å². The lowest BCUT2D eigenvalue weighted by molar-refractivity contribution is -0.131. The molecule has 146 valence electrons. The second-order valence-corrected chi connectivity index (χ2v) is 7.77. The van der Waals surface area contributed by atoms with Gasteiger partial charge in [-0.15, -0.1) is 0 Å². The monoisotopic (exact) mass is 385 g/mol. The van der Waals surface area contributed by atoms with Gasteiger partial charge in [-0.3, -0.25) is 9.78 Å². The molecule has 6 nitrogen and oxygen atoms in total. The Morgan fingerprint density at radius 3 is 2.66 bits per heavy atom. The van der Waals surface area contributed by atoms with Gasteiger partial charge in [0.25, 0.3) is 0 Å². The summed E-state index contributed by atoms with van der Waals surface area (Å²) < 4.78 is 0. The van der Waals surface area contributed by atoms with E-state index < -0.39 is 0 Å². The molecule has 1 amide bonds. The number of carbonyl (C=O) groups excluding carboxylic acids is 1. The van der Waals surface area contributed by atoms with Gasteiger partial charge in [0, 0.05) is 54.6 Å². The third-order valence-corrected chi connectivity index (χ3v) is 5.54. The molecule has 2 aromatic heterocycles. The van der Waals surface area contributed by atoms with Gasteiger partial charge in [-0.2, -0.15) is 0 Å². The highest BCUT2D eigenvalue weighted by Crippen LogP contribution is 2.35. The topological polar surface area (TPSA) is 71.0 Å². The minimum Gasteiger partial charge on any atom is -0.342 e. The van der Waals surface area contributed by atoms with Gasteiger partial charge in [0.1, 0.15) is 11.6 Å². The van der Waals surface area contributed by atoms with Gasteiger partial charge in [-0.1, -0.05) is 18.2 Å². The number of anilines is 2. The Morgan fingerprint density at radius 2 is 1.90 bits per heavy atom. The summed E-state index contributed by atoms with van der Waals surface area (Å²) >= 11 is 0. The van der Waals surface area contributed by atoms with Gasteiger partial charge >= 0.3 is 0 Å². The molecule has 3 aromatic rings. The first-order valence-corrected chi connectivity index (χ1v) is 10.2. The summed E-state index contributed by atoms with van der Waals surface area (Å²) in [5, 5.41) is 3.39. The van der Waals surface area contributed by atoms with Crippen molar-refractivity contribution in [1.82, 2.24) is 19.9 Å². The maximum atomic E-state index is 12.4. The Bertz CT molecular complexity index is 1000. The van der Waals surface area contributed by atoms with Gasteiger partial charge < -0.3 is 10.2 Å². The van der Waals surface area contributed by atoms with E-state index in [9.17, 15) is 4.79 Å². The number of likely N-dealkylation sites (tertiary alicyclic amines) is 1. The molecule has 3 heterocycles. The molecular weight excluding hydrogens is 362 g/mol. The zero-order chi connectivity index (χ0) is 19.6. The predicted octanol–water partition coefficient (Wildman–Crippen LogP) is 4.01. The molecule has 1 saturated heterocycles. The SMILES string of the molecule is O=C(C1CC1)N1CC[C@@H](c2nc(Nc3ccccc3)cc(-c3cccnc3)n2)C1. The van der Waals surface area contributed by atoms with E-state index in [1.807, 2.05) is 59.6 Å². The number of para-hydroxylation sites is 1. The van der Waals surface area contributed by atoms with Crippen LogP contribution in [0.2, 0.25) is 0 Å². The molecule has 0 spiro atoms. The van der Waals surface area contributed by atoms with Crippen molar-refractivity contribution in [3.63, 3.8) is 0 Å². The van der Waals surface area contributed by atoms with Gasteiger partial charge in [0.05, 0.1) is 5.69 Å². The van der Waals surface area contributed by atoms with Crippen LogP contribution in [0.5, 0.6) is 0 Å². The molecule has 6 heteroatoms. The van der Waals surface area contributed by atoms with E-state index in [0.717, 1.165) is 54.4 Å². The van der Waals surface area contributed by atoms with Crippen molar-refractivity contribution in [2.24, 2.45) is 5.92 Å². The fraction of sp³-hybridized carbons (Fsp3) is 0.304. The highest BCUT2D eigenvalue weighted by Gasteiger charge is 2.37. The molecule has 2 fully saturated rings. The fourth-order valence-electron chi connectivity index (χ4n) is 3.80. The summed E-state index contributed by atoms with van der Waals surface area (Å²) in [5.74, 6) is 2.26. The average Bonchev–Trinajstić information content (AvgIpc) is 3.50. The Labute approximate surface area is 170 Å². The molecule has 0 bridgehead atoms. The molecule has 1 aromatic carbocycles. The minimum atomic E-state index is 0.158. The van der Waals surface area contributed by atoms with Crippen LogP contribution in [-0.4, -0.2) is 38.8 Å². The number of hydrogen-bond donors (Lipinski definition) is 1. The third kappa shape index (κ3) is 3.97. The smallest absolute Gasteiger partial charge is 0.225 e. The second kappa shape index (κ2) is 7.62. The molecule has 1 aliphatic heterocycles. The Balaban J connectivity index is 1.45. The number of aromatic nitrogens is 3. The number of amides is 1. The molecule has 1 N–H and O–H groups in total. The van der Waals surface area contributed by atoms with Crippen LogP contribution >= 0.6 is 0 Å². The maximum Gasteiger partial charge on any atom is 0.225 e. The Kier molecular flexibility index (Phi) is 4.68. The van der Waals surface area contributed by atoms with Gasteiger partial charge in [-0.25, -0.2) is 9.97 Å². The number of nitrogens with zero attached hydrogens (tertiary/aromatic N) is 4. The molecule has 0 unspecified atom stereocenters. The Morgan fingerprint density at radius 1 is 1.03 bits per heavy atom. The first kappa shape index (κ1) is 17.8. The van der Waals surface area contributed by atoms with Crippen molar-refractivity contribution in [3.05, 3.63) is 66.7 Å². The summed E-state index contributed by atoms with van der Waals surface area (Å²) in [6, 6.07) is 15.9. The first-order chi connectivity index (χ1) is 14.3. The summed E-state index contributed by atoms with van der Waals surface area (Å²) in [6.45, 7) is 1.50. The van der Waals surface area contributed by atoms with Crippen LogP contribution in [0.15, 0.2) is 60.9 Å². The molecule has 1 atom stereocenters. The van der Waals surface area contributed by atoms with Gasteiger partial charge in [0.2, 0.25) is 5.91 Å². The number of benzene rings is 1. The van der Waals surface area contributed by atoms with Crippen LogP contribution in [0, 0.1) is 5.92 Å². The van der Waals surface area contributed by atoms with E-state index in [1.54, 1.807) is 6.20 Å². The molecule has 29 heavy (non-hydrogen) atoms. The quantitative estimate of drug-likeness (QED) is 0.719. The van der Waals surface area contributed by atoms with Crippen LogP contribution in [0.3, 0.4) is 0 Å². The molecule has 2 aliphatic rings. The normalized spacial score (nSPS) is 18.6. The third-order valence-electron chi connectivity index (χ3n) is 5.54. The van der Waals surface area contributed by atoms with Crippen molar-refractivity contribution >= 4 is 17.4 Å². The van der Waals surface area contributed by atoms with Gasteiger partial charge in [0.15, 0.2) is 0 Å². The zero-order valence-corrected chi connectivity index (χ0v) is 16.2. The number of nitrogens with one attached hydrogen (secondary N) is 1. The van der Waals surface area contributed by atoms with Crippen molar-refractivity contribution in [2.45, 2.75) is 25.2 Å². The average molecular weight is 385 g/mol. The second-order valence-electron chi connectivity index (χ2n) is 7.77. The van der Waals surface area contributed by atoms with E-state index in [1.165, 1.54) is 0 Å². The standard InChI is InChI=1S/C23H23N5O/c29-23(16-8-9-16)28-12-10-18(15-28)22-26-20(17-5-4-11-24-14-17)13-21(27-22)25-19-6-2-1-3-7-19/h1-7,11,13-14,16,18H,8-10,12,15H2,(H,25,26,27)/t18-/m1/s1. The van der Waals surface area contributed by atoms with E-state index in [2.05, 4.69) is 10.3 Å². The lowest BCUT2D eigenvalue weighted by Crippen LogP contribution is -2.29. The summed E-state index contributed by atoms with van der Waals surface area (Å²) in [7, 11) is 0. The van der Waals surface area contributed by atoms with Crippen LogP contribution in [0.25, 0.3) is 11.3 Å². The summed E-state index contributed by atoms with van der Waals surface area (Å²) in [5.41, 5.74) is 2.77. The highest BCUT2D eigenvalue weighted by molar-refractivity contribution is 5.81. The molecule has 1 saturated carbocycles. The molecule has 5 rings (SSSR count). The van der Waals surface area contributed by atoms with Crippen LogP contribution in [-0.2, 0) is 4.79 Å². The molecular formula is C23H23N5O. The lowest BCUT2D eigenvalue weighted by Gasteiger charge is -2.17. The van der Waals surface area contributed by atoms with Crippen LogP contribution < -0.4 is 5.32 Å². The predicted molar refractivity (Wildman–Crippen MR) is 112 cm³/mol. The number of carbonyl (C=O) groups is 1. The number of pyridine rings is 1. The van der Waals surface area contributed by atoms with E-state index in [-0.39, 0.29) is 11.8 Å². The van der Waals surface area contributed by atoms with Crippen molar-refractivity contribution < 1.29 is 4.79 Å². The van der Waals surface area contributed by atoms with Crippen LogP contribution in [0.1, 0.15) is 31.0 Å². The molecule has 0 radical (unpaired) electrons. The van der Waals surface area contributed by atoms with Crippen LogP contribution in [0.4, 0.5) is 11.5 Å². The maximum absolute atomic E-state index is 12.4. The largest absolute Gasteiger partial charge is 0.342 e. The van der Waals surface area contributed by atoms with E-state index in [4.69, 9.17) is 9.97 Å². The lowest BCUT2D eigenvalue weighted by atomic mass is 10.1. The van der Waals surface area contributed by atoms with Crippen molar-refractivity contribution in [2.75, 3.05) is 18.4 Å². The zero-order valence-electron chi connectivity index (χ0n) is 16.2. The first-order valence-electron chi connectivity index (χ1n) is 10.2. The minimum absolute atomic E-state index is 0.158. The summed E-state index contributed by atoms with van der Waals surface area (Å²) in [4.78, 5) is 28.3.